The van der Waals surface area contributed by atoms with E-state index in [0.29, 0.717) is 12.8 Å². The molecular weight excluding hydrogens is 488 g/mol. The van der Waals surface area contributed by atoms with Crippen LogP contribution in [0.25, 0.3) is 0 Å². The van der Waals surface area contributed by atoms with Crippen molar-refractivity contribution in [1.29, 1.82) is 0 Å². The number of hydrogen-bond donors (Lipinski definition) is 4. The molecular formula is C29H54N2O7. The van der Waals surface area contributed by atoms with E-state index >= 15 is 0 Å². The van der Waals surface area contributed by atoms with Crippen LogP contribution < -0.4 is 10.6 Å². The van der Waals surface area contributed by atoms with E-state index in [4.69, 9.17) is 14.9 Å². The lowest BCUT2D eigenvalue weighted by Gasteiger charge is -2.18. The molecule has 0 saturated carbocycles. The molecule has 2 unspecified atom stereocenters. The highest BCUT2D eigenvalue weighted by molar-refractivity contribution is 5.87. The largest absolute Gasteiger partial charge is 0.480 e. The van der Waals surface area contributed by atoms with E-state index in [-0.39, 0.29) is 30.9 Å². The number of hydrogen-bond acceptors (Lipinski definition) is 6. The Bertz CT molecular complexity index is 642. The van der Waals surface area contributed by atoms with Crippen LogP contribution >= 0.6 is 0 Å². The number of aliphatic hydroxyl groups excluding tert-OH is 1. The summed E-state index contributed by atoms with van der Waals surface area (Å²) in [5.41, 5.74) is 0. The summed E-state index contributed by atoms with van der Waals surface area (Å²) in [6.45, 7) is 3.30. The predicted octanol–water partition coefficient (Wildman–Crippen LogP) is 5.03. The van der Waals surface area contributed by atoms with E-state index in [0.717, 1.165) is 51.4 Å². The first-order chi connectivity index (χ1) is 18.3. The van der Waals surface area contributed by atoms with Gasteiger partial charge in [0, 0.05) is 12.8 Å². The molecule has 38 heavy (non-hydrogen) atoms. The number of carbonyl (C=O) groups excluding carboxylic acids is 3. The average molecular weight is 543 g/mol. The molecule has 2 atom stereocenters. The third kappa shape index (κ3) is 21.9. The van der Waals surface area contributed by atoms with Crippen molar-refractivity contribution in [3.05, 3.63) is 0 Å². The molecule has 0 radical (unpaired) electrons. The third-order valence-electron chi connectivity index (χ3n) is 6.60. The van der Waals surface area contributed by atoms with Crippen molar-refractivity contribution in [3.8, 4) is 0 Å². The molecule has 0 aromatic heterocycles. The van der Waals surface area contributed by atoms with Crippen LogP contribution in [0.5, 0.6) is 0 Å². The van der Waals surface area contributed by atoms with Crippen molar-refractivity contribution >= 4 is 23.8 Å². The second-order valence-electron chi connectivity index (χ2n) is 10.2. The number of carboxylic acids is 1. The first-order valence-electron chi connectivity index (χ1n) is 14.9. The number of carboxylic acid groups (broad SMARTS) is 1. The average Bonchev–Trinajstić information content (AvgIpc) is 2.89. The van der Waals surface area contributed by atoms with Crippen LogP contribution in [-0.2, 0) is 23.9 Å². The van der Waals surface area contributed by atoms with Gasteiger partial charge in [-0.2, -0.15) is 0 Å². The molecule has 0 aromatic carbocycles. The number of ether oxygens (including phenoxy) is 1. The van der Waals surface area contributed by atoms with Gasteiger partial charge in [-0.05, 0) is 32.1 Å². The Balaban J connectivity index is 3.98. The normalized spacial score (nSPS) is 12.5. The Morgan fingerprint density at radius 2 is 1.21 bits per heavy atom. The lowest BCUT2D eigenvalue weighted by atomic mass is 10.0. The monoisotopic (exact) mass is 542 g/mol. The maximum Gasteiger partial charge on any atom is 0.328 e. The Kier molecular flexibility index (Phi) is 23.7. The van der Waals surface area contributed by atoms with Crippen molar-refractivity contribution < 1.29 is 34.1 Å². The maximum absolute atomic E-state index is 12.3. The summed E-state index contributed by atoms with van der Waals surface area (Å²) < 4.78 is 5.76. The van der Waals surface area contributed by atoms with Gasteiger partial charge in [0.15, 0.2) is 0 Å². The van der Waals surface area contributed by atoms with Crippen molar-refractivity contribution in [2.24, 2.45) is 0 Å². The fourth-order valence-corrected chi connectivity index (χ4v) is 4.23. The highest BCUT2D eigenvalue weighted by Crippen LogP contribution is 2.16. The Labute approximate surface area is 229 Å². The second-order valence-corrected chi connectivity index (χ2v) is 10.2. The fourth-order valence-electron chi connectivity index (χ4n) is 4.23. The van der Waals surface area contributed by atoms with Gasteiger partial charge in [0.1, 0.15) is 12.1 Å². The number of aliphatic hydroxyl groups is 1. The highest BCUT2D eigenvalue weighted by Gasteiger charge is 2.19. The van der Waals surface area contributed by atoms with Gasteiger partial charge in [-0.15, -0.1) is 0 Å². The Morgan fingerprint density at radius 3 is 1.79 bits per heavy atom. The molecule has 0 spiro atoms. The van der Waals surface area contributed by atoms with Gasteiger partial charge in [0.25, 0.3) is 0 Å². The summed E-state index contributed by atoms with van der Waals surface area (Å²) in [6.07, 6.45) is 19.0. The number of esters is 1. The van der Waals surface area contributed by atoms with Crippen LogP contribution in [0.2, 0.25) is 0 Å². The number of aliphatic carboxylic acids is 1. The minimum atomic E-state index is -1.39. The molecule has 0 aliphatic rings. The standard InChI is InChI=1S/C29H54N2O7/c1-3-5-7-8-9-10-11-12-13-17-21-28(35)38-24(18-6-4-2)19-15-14-16-20-26(33)30-22-27(34)31-25(23-32)29(36)37/h24-25,32H,3-23H2,1-2H3,(H,30,33)(H,31,34)(H,36,37). The van der Waals surface area contributed by atoms with Crippen molar-refractivity contribution in [1.82, 2.24) is 10.6 Å². The SMILES string of the molecule is CCCCCCCCCCCCC(=O)OC(CCCC)CCCCCC(=O)NCC(=O)NC(CO)C(=O)O. The Morgan fingerprint density at radius 1 is 0.684 bits per heavy atom. The summed E-state index contributed by atoms with van der Waals surface area (Å²) in [4.78, 5) is 46.7. The van der Waals surface area contributed by atoms with Crippen LogP contribution in [0.4, 0.5) is 0 Å². The summed E-state index contributed by atoms with van der Waals surface area (Å²) in [5, 5.41) is 22.3. The zero-order valence-corrected chi connectivity index (χ0v) is 23.9. The maximum atomic E-state index is 12.3. The molecule has 0 fully saturated rings. The topological polar surface area (TPSA) is 142 Å². The van der Waals surface area contributed by atoms with E-state index in [9.17, 15) is 19.2 Å². The van der Waals surface area contributed by atoms with Gasteiger partial charge in [0.2, 0.25) is 11.8 Å². The van der Waals surface area contributed by atoms with Crippen LogP contribution in [0.1, 0.15) is 136 Å². The Hall–Kier alpha value is -2.16. The van der Waals surface area contributed by atoms with E-state index in [1.165, 1.54) is 51.4 Å². The van der Waals surface area contributed by atoms with E-state index in [2.05, 4.69) is 24.5 Å². The summed E-state index contributed by atoms with van der Waals surface area (Å²) in [7, 11) is 0. The minimum absolute atomic E-state index is 0.0724. The minimum Gasteiger partial charge on any atom is -0.480 e. The van der Waals surface area contributed by atoms with E-state index in [1.807, 2.05) is 0 Å². The molecule has 0 heterocycles. The molecule has 0 aliphatic carbocycles. The molecule has 9 nitrogen and oxygen atoms in total. The van der Waals surface area contributed by atoms with Crippen LogP contribution in [0.15, 0.2) is 0 Å². The highest BCUT2D eigenvalue weighted by atomic mass is 16.5. The molecule has 0 aliphatic heterocycles. The van der Waals surface area contributed by atoms with Gasteiger partial charge >= 0.3 is 11.9 Å². The molecule has 222 valence electrons. The number of nitrogens with one attached hydrogen (secondary N) is 2. The van der Waals surface area contributed by atoms with Gasteiger partial charge in [0.05, 0.1) is 13.2 Å². The lowest BCUT2D eigenvalue weighted by molar-refractivity contribution is -0.150. The van der Waals surface area contributed by atoms with Crippen LogP contribution in [0, 0.1) is 0 Å². The summed E-state index contributed by atoms with van der Waals surface area (Å²) >= 11 is 0. The van der Waals surface area contributed by atoms with Crippen molar-refractivity contribution in [3.63, 3.8) is 0 Å². The number of carbonyl (C=O) groups is 4. The molecule has 0 bridgehead atoms. The van der Waals surface area contributed by atoms with Crippen molar-refractivity contribution in [2.45, 2.75) is 148 Å². The number of amides is 2. The predicted molar refractivity (Wildman–Crippen MR) is 149 cm³/mol. The molecule has 0 rings (SSSR count). The quantitative estimate of drug-likeness (QED) is 0.0887. The molecule has 0 aromatic rings. The first-order valence-corrected chi connectivity index (χ1v) is 14.9. The van der Waals surface area contributed by atoms with Gasteiger partial charge in [-0.1, -0.05) is 90.9 Å². The summed E-state index contributed by atoms with van der Waals surface area (Å²) in [5.74, 6) is -2.40. The van der Waals surface area contributed by atoms with Gasteiger partial charge < -0.3 is 25.6 Å². The zero-order valence-electron chi connectivity index (χ0n) is 23.9. The van der Waals surface area contributed by atoms with Gasteiger partial charge in [-0.3, -0.25) is 14.4 Å². The van der Waals surface area contributed by atoms with Crippen LogP contribution in [0.3, 0.4) is 0 Å². The number of rotatable bonds is 26. The molecule has 4 N–H and O–H groups in total. The second kappa shape index (κ2) is 25.1. The molecule has 0 saturated heterocycles. The van der Waals surface area contributed by atoms with E-state index < -0.39 is 24.5 Å². The lowest BCUT2D eigenvalue weighted by Crippen LogP contribution is -2.47. The smallest absolute Gasteiger partial charge is 0.328 e. The van der Waals surface area contributed by atoms with Gasteiger partial charge in [-0.25, -0.2) is 4.79 Å². The number of unbranched alkanes of at least 4 members (excludes halogenated alkanes) is 12. The zero-order chi connectivity index (χ0) is 28.4. The summed E-state index contributed by atoms with van der Waals surface area (Å²) in [6, 6.07) is -1.39. The first kappa shape index (κ1) is 35.8. The molecule has 9 heteroatoms. The van der Waals surface area contributed by atoms with E-state index in [1.54, 1.807) is 0 Å². The van der Waals surface area contributed by atoms with Crippen LogP contribution in [-0.4, -0.2) is 59.3 Å². The van der Waals surface area contributed by atoms with Crippen molar-refractivity contribution in [2.75, 3.05) is 13.2 Å². The molecule has 2 amide bonds. The third-order valence-corrected chi connectivity index (χ3v) is 6.60. The fraction of sp³-hybridized carbons (Fsp3) is 0.862.